The Morgan fingerprint density at radius 1 is 0.792 bits per heavy atom. The first-order chi connectivity index (χ1) is 11.8. The summed E-state index contributed by atoms with van der Waals surface area (Å²) in [4.78, 5) is 4.00. The quantitative estimate of drug-likeness (QED) is 0.599. The van der Waals surface area contributed by atoms with E-state index < -0.39 is 0 Å². The van der Waals surface area contributed by atoms with Crippen LogP contribution in [0, 0.1) is 6.92 Å². The fourth-order valence-corrected chi connectivity index (χ4v) is 4.81. The van der Waals surface area contributed by atoms with E-state index in [1.807, 2.05) is 11.3 Å². The minimum Gasteiger partial charge on any atom is -0.371 e. The molecule has 3 aromatic rings. The van der Waals surface area contributed by atoms with Gasteiger partial charge in [-0.3, -0.25) is 0 Å². The molecule has 1 fully saturated rings. The Kier molecular flexibility index (Phi) is 4.15. The highest BCUT2D eigenvalue weighted by molar-refractivity contribution is 7.10. The maximum Gasteiger partial charge on any atom is 0.0504 e. The van der Waals surface area contributed by atoms with Crippen molar-refractivity contribution in [3.8, 4) is 0 Å². The monoisotopic (exact) mass is 333 g/mol. The van der Waals surface area contributed by atoms with Crippen molar-refractivity contribution in [2.75, 3.05) is 18.0 Å². The number of benzene rings is 2. The fourth-order valence-electron chi connectivity index (χ4n) is 4.09. The van der Waals surface area contributed by atoms with Crippen molar-refractivity contribution >= 4 is 17.0 Å². The van der Waals surface area contributed by atoms with E-state index in [2.05, 4.69) is 83.9 Å². The van der Waals surface area contributed by atoms with E-state index in [0.29, 0.717) is 0 Å². The normalized spacial score (nSPS) is 17.0. The van der Waals surface area contributed by atoms with Crippen LogP contribution < -0.4 is 4.90 Å². The van der Waals surface area contributed by atoms with Gasteiger partial charge in [-0.25, -0.2) is 0 Å². The van der Waals surface area contributed by atoms with Crippen LogP contribution in [0.2, 0.25) is 0 Å². The Balaban J connectivity index is 1.68. The smallest absolute Gasteiger partial charge is 0.0504 e. The maximum atomic E-state index is 2.57. The SMILES string of the molecule is Cc1sccc1N1CCC(c2ccccc2)(c2ccccc2)CC1. The largest absolute Gasteiger partial charge is 0.371 e. The first kappa shape index (κ1) is 15.5. The summed E-state index contributed by atoms with van der Waals surface area (Å²) in [5.41, 5.74) is 4.48. The average molecular weight is 334 g/mol. The Morgan fingerprint density at radius 3 is 1.79 bits per heavy atom. The van der Waals surface area contributed by atoms with Crippen LogP contribution in [-0.4, -0.2) is 13.1 Å². The minimum atomic E-state index is 0.142. The summed E-state index contributed by atoms with van der Waals surface area (Å²) in [5.74, 6) is 0. The summed E-state index contributed by atoms with van der Waals surface area (Å²) in [6.45, 7) is 4.46. The molecule has 4 rings (SSSR count). The third kappa shape index (κ3) is 2.65. The molecule has 2 aromatic carbocycles. The number of anilines is 1. The molecule has 0 aliphatic carbocycles. The molecule has 2 heteroatoms. The maximum absolute atomic E-state index is 2.57. The molecule has 0 unspecified atom stereocenters. The van der Waals surface area contributed by atoms with Crippen molar-refractivity contribution in [2.24, 2.45) is 0 Å². The molecule has 1 nitrogen and oxygen atoms in total. The number of aryl methyl sites for hydroxylation is 1. The second kappa shape index (κ2) is 6.45. The molecule has 1 saturated heterocycles. The third-order valence-corrected chi connectivity index (χ3v) is 6.28. The number of piperidine rings is 1. The van der Waals surface area contributed by atoms with Crippen LogP contribution >= 0.6 is 11.3 Å². The Hall–Kier alpha value is -2.06. The van der Waals surface area contributed by atoms with Crippen molar-refractivity contribution in [2.45, 2.75) is 25.2 Å². The average Bonchev–Trinajstić information content (AvgIpc) is 3.09. The lowest BCUT2D eigenvalue weighted by molar-refractivity contribution is 0.392. The molecule has 122 valence electrons. The van der Waals surface area contributed by atoms with Crippen molar-refractivity contribution in [1.82, 2.24) is 0 Å². The van der Waals surface area contributed by atoms with E-state index in [9.17, 15) is 0 Å². The van der Waals surface area contributed by atoms with Crippen LogP contribution in [0.15, 0.2) is 72.1 Å². The molecule has 1 aliphatic heterocycles. The predicted molar refractivity (Wildman–Crippen MR) is 104 cm³/mol. The summed E-state index contributed by atoms with van der Waals surface area (Å²) in [7, 11) is 0. The van der Waals surface area contributed by atoms with Gasteiger partial charge in [0.2, 0.25) is 0 Å². The summed E-state index contributed by atoms with van der Waals surface area (Å²) < 4.78 is 0. The third-order valence-electron chi connectivity index (χ3n) is 5.44. The Labute approximate surface area is 148 Å². The summed E-state index contributed by atoms with van der Waals surface area (Å²) in [5, 5.41) is 2.21. The van der Waals surface area contributed by atoms with E-state index in [1.165, 1.54) is 21.7 Å². The van der Waals surface area contributed by atoms with Crippen LogP contribution in [0.4, 0.5) is 5.69 Å². The van der Waals surface area contributed by atoms with Crippen LogP contribution in [0.3, 0.4) is 0 Å². The predicted octanol–water partition coefficient (Wildman–Crippen LogP) is 5.64. The van der Waals surface area contributed by atoms with Crippen molar-refractivity contribution in [3.63, 3.8) is 0 Å². The van der Waals surface area contributed by atoms with Gasteiger partial charge < -0.3 is 4.90 Å². The van der Waals surface area contributed by atoms with Crippen LogP contribution in [0.25, 0.3) is 0 Å². The highest BCUT2D eigenvalue weighted by atomic mass is 32.1. The van der Waals surface area contributed by atoms with Gasteiger partial charge in [0.15, 0.2) is 0 Å². The van der Waals surface area contributed by atoms with Gasteiger partial charge in [-0.05, 0) is 42.3 Å². The highest BCUT2D eigenvalue weighted by Gasteiger charge is 2.37. The number of hydrogen-bond acceptors (Lipinski definition) is 2. The molecule has 2 heterocycles. The van der Waals surface area contributed by atoms with E-state index in [-0.39, 0.29) is 5.41 Å². The molecular weight excluding hydrogens is 310 g/mol. The zero-order valence-electron chi connectivity index (χ0n) is 14.1. The van der Waals surface area contributed by atoms with Gasteiger partial charge in [-0.2, -0.15) is 0 Å². The molecule has 1 aliphatic rings. The highest BCUT2D eigenvalue weighted by Crippen LogP contribution is 2.43. The number of rotatable bonds is 3. The van der Waals surface area contributed by atoms with Crippen LogP contribution in [0.1, 0.15) is 28.8 Å². The van der Waals surface area contributed by atoms with Gasteiger partial charge in [-0.15, -0.1) is 11.3 Å². The summed E-state index contributed by atoms with van der Waals surface area (Å²) in [6.07, 6.45) is 2.33. The lowest BCUT2D eigenvalue weighted by atomic mass is 9.68. The molecule has 24 heavy (non-hydrogen) atoms. The van der Waals surface area contributed by atoms with Gasteiger partial charge in [0, 0.05) is 23.4 Å². The molecule has 0 bridgehead atoms. The standard InChI is InChI=1S/C22H23NS/c1-18-21(12-17-24-18)23-15-13-22(14-16-23,19-8-4-2-5-9-19)20-10-6-3-7-11-20/h2-12,17H,13-16H2,1H3. The molecule has 0 spiro atoms. The molecule has 0 saturated carbocycles. The number of nitrogens with zero attached hydrogens (tertiary/aromatic N) is 1. The van der Waals surface area contributed by atoms with Crippen molar-refractivity contribution < 1.29 is 0 Å². The minimum absolute atomic E-state index is 0.142. The summed E-state index contributed by atoms with van der Waals surface area (Å²) >= 11 is 1.85. The molecule has 1 aromatic heterocycles. The molecule has 0 N–H and O–H groups in total. The van der Waals surface area contributed by atoms with Crippen molar-refractivity contribution in [3.05, 3.63) is 88.1 Å². The molecular formula is C22H23NS. The van der Waals surface area contributed by atoms with E-state index >= 15 is 0 Å². The van der Waals surface area contributed by atoms with Crippen LogP contribution in [0.5, 0.6) is 0 Å². The first-order valence-electron chi connectivity index (χ1n) is 8.70. The number of thiophene rings is 1. The van der Waals surface area contributed by atoms with E-state index in [1.54, 1.807) is 0 Å². The first-order valence-corrected chi connectivity index (χ1v) is 9.58. The summed E-state index contributed by atoms with van der Waals surface area (Å²) in [6, 6.07) is 24.4. The Morgan fingerprint density at radius 2 is 1.33 bits per heavy atom. The van der Waals surface area contributed by atoms with Gasteiger partial charge in [0.05, 0.1) is 5.69 Å². The lowest BCUT2D eigenvalue weighted by Crippen LogP contribution is -2.43. The van der Waals surface area contributed by atoms with E-state index in [0.717, 1.165) is 25.9 Å². The van der Waals surface area contributed by atoms with Gasteiger partial charge in [-0.1, -0.05) is 60.7 Å². The van der Waals surface area contributed by atoms with Crippen LogP contribution in [-0.2, 0) is 5.41 Å². The fraction of sp³-hybridized carbons (Fsp3) is 0.273. The zero-order chi connectivity index (χ0) is 16.4. The topological polar surface area (TPSA) is 3.24 Å². The second-order valence-electron chi connectivity index (χ2n) is 6.66. The van der Waals surface area contributed by atoms with Crippen molar-refractivity contribution in [1.29, 1.82) is 0 Å². The van der Waals surface area contributed by atoms with E-state index in [4.69, 9.17) is 0 Å². The van der Waals surface area contributed by atoms with Gasteiger partial charge in [0.1, 0.15) is 0 Å². The Bertz CT molecular complexity index is 742. The molecule has 0 amide bonds. The second-order valence-corrected chi connectivity index (χ2v) is 7.78. The lowest BCUT2D eigenvalue weighted by Gasteiger charge is -2.43. The van der Waals surface area contributed by atoms with Gasteiger partial charge in [0.25, 0.3) is 0 Å². The zero-order valence-corrected chi connectivity index (χ0v) is 14.9. The molecule has 0 atom stereocenters. The number of hydrogen-bond donors (Lipinski definition) is 0. The van der Waals surface area contributed by atoms with Gasteiger partial charge >= 0.3 is 0 Å². The molecule has 0 radical (unpaired) electrons.